The van der Waals surface area contributed by atoms with Gasteiger partial charge < -0.3 is 14.2 Å². The number of carbonyl (C=O) groups is 3. The van der Waals surface area contributed by atoms with Gasteiger partial charge in [-0.2, -0.15) is 0 Å². The van der Waals surface area contributed by atoms with Crippen LogP contribution in [0.25, 0.3) is 11.0 Å². The smallest absolute Gasteiger partial charge is 0.420 e. The highest BCUT2D eigenvalue weighted by atomic mass is 16.6. The van der Waals surface area contributed by atoms with Crippen LogP contribution in [0.1, 0.15) is 48.5 Å². The molecule has 1 aromatic carbocycles. The Hall–Kier alpha value is -3.68. The van der Waals surface area contributed by atoms with Crippen LogP contribution < -0.4 is 4.74 Å². The number of carbonyl (C=O) groups excluding carboxylic acids is 3. The van der Waals surface area contributed by atoms with Crippen molar-refractivity contribution < 1.29 is 28.6 Å². The Balaban J connectivity index is 2.00. The van der Waals surface area contributed by atoms with E-state index in [9.17, 15) is 14.4 Å². The highest BCUT2D eigenvalue weighted by Gasteiger charge is 2.27. The van der Waals surface area contributed by atoms with E-state index in [4.69, 9.17) is 14.2 Å². The number of esters is 2. The van der Waals surface area contributed by atoms with Crippen LogP contribution in [0.4, 0.5) is 4.79 Å². The first-order valence-corrected chi connectivity index (χ1v) is 9.39. The molecule has 0 aliphatic rings. The normalized spacial score (nSPS) is 11.2. The quantitative estimate of drug-likeness (QED) is 0.594. The standard InChI is InChI=1S/C22H22N2O6/c1-5-28-20(26)17-12-15-11-16(29-19(25)14-9-7-6-8-10-14)13-23-18(15)24(17)21(27)30-22(2,3)4/h6-13H,5H2,1-4H3. The van der Waals surface area contributed by atoms with Gasteiger partial charge in [0.25, 0.3) is 0 Å². The fourth-order valence-electron chi connectivity index (χ4n) is 2.72. The van der Waals surface area contributed by atoms with Gasteiger partial charge in [-0.05, 0) is 52.0 Å². The van der Waals surface area contributed by atoms with Gasteiger partial charge in [0, 0.05) is 5.39 Å². The second-order valence-electron chi connectivity index (χ2n) is 7.41. The molecular formula is C22H22N2O6. The summed E-state index contributed by atoms with van der Waals surface area (Å²) in [7, 11) is 0. The van der Waals surface area contributed by atoms with Crippen LogP contribution in [-0.4, -0.2) is 39.8 Å². The van der Waals surface area contributed by atoms with Gasteiger partial charge in [-0.15, -0.1) is 0 Å². The van der Waals surface area contributed by atoms with Gasteiger partial charge in [-0.3, -0.25) is 0 Å². The van der Waals surface area contributed by atoms with Crippen molar-refractivity contribution in [2.75, 3.05) is 6.61 Å². The molecule has 0 amide bonds. The lowest BCUT2D eigenvalue weighted by Crippen LogP contribution is -2.29. The van der Waals surface area contributed by atoms with E-state index < -0.39 is 23.6 Å². The number of fused-ring (bicyclic) bond motifs is 1. The van der Waals surface area contributed by atoms with Crippen LogP contribution in [0.3, 0.4) is 0 Å². The number of hydrogen-bond acceptors (Lipinski definition) is 7. The maximum Gasteiger partial charge on any atom is 0.420 e. The van der Waals surface area contributed by atoms with E-state index in [0.717, 1.165) is 4.57 Å². The summed E-state index contributed by atoms with van der Waals surface area (Å²) in [6, 6.07) is 11.5. The molecule has 0 radical (unpaired) electrons. The molecule has 0 saturated heterocycles. The first kappa shape index (κ1) is 21.0. The second-order valence-corrected chi connectivity index (χ2v) is 7.41. The largest absolute Gasteiger partial charge is 0.461 e. The van der Waals surface area contributed by atoms with E-state index in [1.54, 1.807) is 58.0 Å². The molecule has 0 bridgehead atoms. The van der Waals surface area contributed by atoms with Crippen molar-refractivity contribution >= 4 is 29.1 Å². The van der Waals surface area contributed by atoms with E-state index in [1.807, 2.05) is 0 Å². The zero-order valence-electron chi connectivity index (χ0n) is 17.2. The lowest BCUT2D eigenvalue weighted by atomic mass is 10.2. The molecule has 156 valence electrons. The summed E-state index contributed by atoms with van der Waals surface area (Å²) in [5, 5.41) is 0.419. The van der Waals surface area contributed by atoms with Crippen molar-refractivity contribution in [1.29, 1.82) is 0 Å². The fourth-order valence-corrected chi connectivity index (χ4v) is 2.72. The van der Waals surface area contributed by atoms with E-state index in [-0.39, 0.29) is 23.7 Å². The van der Waals surface area contributed by atoms with Gasteiger partial charge in [-0.25, -0.2) is 23.9 Å². The predicted molar refractivity (Wildman–Crippen MR) is 109 cm³/mol. The van der Waals surface area contributed by atoms with Crippen LogP contribution in [0.5, 0.6) is 5.75 Å². The van der Waals surface area contributed by atoms with Gasteiger partial charge in [0.15, 0.2) is 5.65 Å². The van der Waals surface area contributed by atoms with E-state index in [2.05, 4.69) is 4.98 Å². The number of ether oxygens (including phenoxy) is 3. The number of hydrogen-bond donors (Lipinski definition) is 0. The molecule has 2 aromatic heterocycles. The molecule has 2 heterocycles. The lowest BCUT2D eigenvalue weighted by molar-refractivity contribution is 0.0453. The van der Waals surface area contributed by atoms with Crippen LogP contribution in [0, 0.1) is 0 Å². The van der Waals surface area contributed by atoms with Gasteiger partial charge in [-0.1, -0.05) is 18.2 Å². The molecule has 0 aliphatic heterocycles. The van der Waals surface area contributed by atoms with Crippen LogP contribution in [0.2, 0.25) is 0 Å². The highest BCUT2D eigenvalue weighted by Crippen LogP contribution is 2.25. The van der Waals surface area contributed by atoms with Crippen LogP contribution >= 0.6 is 0 Å². The number of rotatable bonds is 4. The first-order valence-electron chi connectivity index (χ1n) is 9.39. The summed E-state index contributed by atoms with van der Waals surface area (Å²) in [4.78, 5) is 41.6. The molecule has 0 unspecified atom stereocenters. The molecular weight excluding hydrogens is 388 g/mol. The van der Waals surface area contributed by atoms with Crippen molar-refractivity contribution in [3.05, 3.63) is 59.9 Å². The Morgan fingerprint density at radius 3 is 2.37 bits per heavy atom. The zero-order valence-corrected chi connectivity index (χ0v) is 17.2. The van der Waals surface area contributed by atoms with Gasteiger partial charge in [0.05, 0.1) is 18.4 Å². The molecule has 30 heavy (non-hydrogen) atoms. The third kappa shape index (κ3) is 4.65. The molecule has 8 nitrogen and oxygen atoms in total. The first-order chi connectivity index (χ1) is 14.2. The molecule has 3 aromatic rings. The molecule has 0 saturated carbocycles. The zero-order chi connectivity index (χ0) is 21.9. The average molecular weight is 410 g/mol. The molecule has 0 N–H and O–H groups in total. The third-order valence-electron chi connectivity index (χ3n) is 3.90. The number of nitrogens with zero attached hydrogens (tertiary/aromatic N) is 2. The Morgan fingerprint density at radius 2 is 1.73 bits per heavy atom. The molecule has 0 spiro atoms. The topological polar surface area (TPSA) is 96.7 Å². The molecule has 3 rings (SSSR count). The summed E-state index contributed by atoms with van der Waals surface area (Å²) < 4.78 is 16.9. The predicted octanol–water partition coefficient (Wildman–Crippen LogP) is 4.22. The number of benzene rings is 1. The molecule has 0 aliphatic carbocycles. The number of pyridine rings is 1. The summed E-state index contributed by atoms with van der Waals surface area (Å²) >= 11 is 0. The summed E-state index contributed by atoms with van der Waals surface area (Å²) in [6.45, 7) is 6.96. The monoisotopic (exact) mass is 410 g/mol. The SMILES string of the molecule is CCOC(=O)c1cc2cc(OC(=O)c3ccccc3)cnc2n1C(=O)OC(C)(C)C. The van der Waals surface area contributed by atoms with Crippen LogP contribution in [0.15, 0.2) is 48.7 Å². The van der Waals surface area contributed by atoms with E-state index >= 15 is 0 Å². The summed E-state index contributed by atoms with van der Waals surface area (Å²) in [6.07, 6.45) is 0.543. The average Bonchev–Trinajstić information content (AvgIpc) is 3.06. The van der Waals surface area contributed by atoms with E-state index in [0.29, 0.717) is 10.9 Å². The Labute approximate surface area is 173 Å². The Bertz CT molecular complexity index is 1100. The maximum absolute atomic E-state index is 12.7. The van der Waals surface area contributed by atoms with Gasteiger partial charge in [0.2, 0.25) is 0 Å². The highest BCUT2D eigenvalue weighted by molar-refractivity contribution is 6.01. The lowest BCUT2D eigenvalue weighted by Gasteiger charge is -2.20. The van der Waals surface area contributed by atoms with Crippen molar-refractivity contribution in [3.63, 3.8) is 0 Å². The van der Waals surface area contributed by atoms with Crippen molar-refractivity contribution in [2.24, 2.45) is 0 Å². The van der Waals surface area contributed by atoms with Gasteiger partial charge >= 0.3 is 18.0 Å². The minimum absolute atomic E-state index is 0.0277. The summed E-state index contributed by atoms with van der Waals surface area (Å²) in [5.41, 5.74) is -0.229. The van der Waals surface area contributed by atoms with Crippen molar-refractivity contribution in [1.82, 2.24) is 9.55 Å². The minimum atomic E-state index is -0.773. The van der Waals surface area contributed by atoms with E-state index in [1.165, 1.54) is 18.3 Å². The summed E-state index contributed by atoms with van der Waals surface area (Å²) in [5.74, 6) is -1.06. The number of aromatic nitrogens is 2. The molecule has 8 heteroatoms. The Morgan fingerprint density at radius 1 is 1.03 bits per heavy atom. The van der Waals surface area contributed by atoms with Crippen molar-refractivity contribution in [3.8, 4) is 5.75 Å². The third-order valence-corrected chi connectivity index (χ3v) is 3.90. The Kier molecular flexibility index (Phi) is 5.86. The van der Waals surface area contributed by atoms with Crippen LogP contribution in [-0.2, 0) is 9.47 Å². The molecule has 0 atom stereocenters. The van der Waals surface area contributed by atoms with Crippen molar-refractivity contribution in [2.45, 2.75) is 33.3 Å². The van der Waals surface area contributed by atoms with Gasteiger partial charge in [0.1, 0.15) is 17.0 Å². The molecule has 0 fully saturated rings. The fraction of sp³-hybridized carbons (Fsp3) is 0.273. The minimum Gasteiger partial charge on any atom is -0.461 e. The maximum atomic E-state index is 12.7. The second kappa shape index (κ2) is 8.36.